The normalized spacial score (nSPS) is 14.3. The van der Waals surface area contributed by atoms with Gasteiger partial charge in [0.25, 0.3) is 5.91 Å². The van der Waals surface area contributed by atoms with Gasteiger partial charge in [-0.2, -0.15) is 4.98 Å². The Morgan fingerprint density at radius 2 is 1.89 bits per heavy atom. The first-order valence-corrected chi connectivity index (χ1v) is 16.0. The van der Waals surface area contributed by atoms with Crippen molar-refractivity contribution in [2.75, 3.05) is 24.4 Å². The molecule has 0 spiro atoms. The molecule has 1 unspecified atom stereocenters. The lowest BCUT2D eigenvalue weighted by Crippen LogP contribution is -2.31. The highest BCUT2D eigenvalue weighted by molar-refractivity contribution is 7.98. The van der Waals surface area contributed by atoms with Crippen LogP contribution in [0, 0.1) is 19.8 Å². The molecule has 1 aliphatic rings. The highest BCUT2D eigenvalue weighted by Gasteiger charge is 2.35. The number of amides is 1. The third-order valence-corrected chi connectivity index (χ3v) is 8.73. The molecule has 0 aliphatic carbocycles. The number of aryl methyl sites for hydroxylation is 2. The number of benzene rings is 3. The highest BCUT2D eigenvalue weighted by atomic mass is 35.5. The number of halogens is 1. The van der Waals surface area contributed by atoms with Crippen LogP contribution in [0.2, 0.25) is 5.02 Å². The van der Waals surface area contributed by atoms with Crippen LogP contribution in [0.3, 0.4) is 0 Å². The summed E-state index contributed by atoms with van der Waals surface area (Å²) in [4.78, 5) is 18.8. The molecule has 230 valence electrons. The van der Waals surface area contributed by atoms with Crippen molar-refractivity contribution in [2.24, 2.45) is 5.92 Å². The Morgan fingerprint density at radius 3 is 2.61 bits per heavy atom. The number of nitrogens with zero attached hydrogens (tertiary/aromatic N) is 3. The lowest BCUT2D eigenvalue weighted by atomic mass is 9.94. The highest BCUT2D eigenvalue weighted by Crippen LogP contribution is 2.40. The maximum absolute atomic E-state index is 14.0. The van der Waals surface area contributed by atoms with E-state index in [1.54, 1.807) is 11.8 Å². The van der Waals surface area contributed by atoms with Gasteiger partial charge in [-0.25, -0.2) is 4.68 Å². The number of fused-ring (bicyclic) bond motifs is 1. The van der Waals surface area contributed by atoms with Crippen molar-refractivity contribution in [3.05, 3.63) is 99.2 Å². The van der Waals surface area contributed by atoms with Gasteiger partial charge in [-0.3, -0.25) is 4.79 Å². The van der Waals surface area contributed by atoms with Crippen LogP contribution in [0.25, 0.3) is 0 Å². The van der Waals surface area contributed by atoms with Crippen LogP contribution in [0.5, 0.6) is 11.5 Å². The van der Waals surface area contributed by atoms with Crippen molar-refractivity contribution < 1.29 is 14.3 Å². The maximum atomic E-state index is 14.0. The molecular weight excluding hydrogens is 594 g/mol. The van der Waals surface area contributed by atoms with Crippen molar-refractivity contribution in [2.45, 2.75) is 58.0 Å². The van der Waals surface area contributed by atoms with Gasteiger partial charge in [0, 0.05) is 22.2 Å². The summed E-state index contributed by atoms with van der Waals surface area (Å²) in [5.41, 5.74) is 5.91. The molecular formula is C34H38ClN5O3S. The second kappa shape index (κ2) is 13.8. The summed E-state index contributed by atoms with van der Waals surface area (Å²) in [5.74, 6) is 2.70. The van der Waals surface area contributed by atoms with E-state index >= 15 is 0 Å². The average molecular weight is 632 g/mol. The average Bonchev–Trinajstić information content (AvgIpc) is 3.39. The number of thioether (sulfide) groups is 1. The molecule has 1 amide bonds. The molecule has 8 nitrogen and oxygen atoms in total. The van der Waals surface area contributed by atoms with Crippen LogP contribution in [-0.4, -0.2) is 34.4 Å². The first-order valence-electron chi connectivity index (χ1n) is 14.6. The molecule has 10 heteroatoms. The van der Waals surface area contributed by atoms with Gasteiger partial charge in [0.2, 0.25) is 11.1 Å². The second-order valence-electron chi connectivity index (χ2n) is 11.3. The Kier molecular flexibility index (Phi) is 9.86. The lowest BCUT2D eigenvalue weighted by molar-refractivity contribution is -0.113. The van der Waals surface area contributed by atoms with Gasteiger partial charge in [-0.1, -0.05) is 79.2 Å². The van der Waals surface area contributed by atoms with Crippen molar-refractivity contribution in [3.8, 4) is 11.5 Å². The Bertz CT molecular complexity index is 1700. The van der Waals surface area contributed by atoms with Gasteiger partial charge in [0.15, 0.2) is 11.5 Å². The molecule has 1 aromatic heterocycles. The largest absolute Gasteiger partial charge is 0.493 e. The Balaban J connectivity index is 1.52. The van der Waals surface area contributed by atoms with E-state index in [-0.39, 0.29) is 5.91 Å². The molecule has 0 saturated heterocycles. The quantitative estimate of drug-likeness (QED) is 0.161. The minimum atomic E-state index is -0.571. The van der Waals surface area contributed by atoms with Gasteiger partial charge >= 0.3 is 0 Å². The number of carbonyl (C=O) groups is 1. The summed E-state index contributed by atoms with van der Waals surface area (Å²) in [6.45, 7) is 10.8. The first-order chi connectivity index (χ1) is 21.1. The van der Waals surface area contributed by atoms with Crippen LogP contribution < -0.4 is 20.1 Å². The predicted molar refractivity (Wildman–Crippen MR) is 178 cm³/mol. The molecule has 4 aromatic rings. The van der Waals surface area contributed by atoms with Crippen LogP contribution in [0.4, 0.5) is 11.6 Å². The molecule has 1 atom stereocenters. The van der Waals surface area contributed by atoms with E-state index in [0.29, 0.717) is 57.2 Å². The minimum Gasteiger partial charge on any atom is -0.493 e. The van der Waals surface area contributed by atoms with Gasteiger partial charge in [-0.15, -0.1) is 5.10 Å². The summed E-state index contributed by atoms with van der Waals surface area (Å²) < 4.78 is 13.6. The maximum Gasteiger partial charge on any atom is 0.255 e. The van der Waals surface area contributed by atoms with Crippen molar-refractivity contribution >= 4 is 40.9 Å². The fourth-order valence-electron chi connectivity index (χ4n) is 5.07. The third kappa shape index (κ3) is 7.05. The van der Waals surface area contributed by atoms with E-state index in [4.69, 9.17) is 31.2 Å². The molecule has 2 N–H and O–H groups in total. The number of methoxy groups -OCH3 is 1. The summed E-state index contributed by atoms with van der Waals surface area (Å²) >= 11 is 7.88. The van der Waals surface area contributed by atoms with Gasteiger partial charge in [0.1, 0.15) is 6.04 Å². The third-order valence-electron chi connectivity index (χ3n) is 7.48. The summed E-state index contributed by atoms with van der Waals surface area (Å²) in [7, 11) is 1.62. The van der Waals surface area contributed by atoms with E-state index in [1.807, 2.05) is 81.4 Å². The molecule has 0 fully saturated rings. The Labute approximate surface area is 268 Å². The van der Waals surface area contributed by atoms with Crippen LogP contribution in [0.15, 0.2) is 77.1 Å². The lowest BCUT2D eigenvalue weighted by Gasteiger charge is -2.29. The van der Waals surface area contributed by atoms with E-state index < -0.39 is 6.04 Å². The molecule has 44 heavy (non-hydrogen) atoms. The van der Waals surface area contributed by atoms with Crippen molar-refractivity contribution in [1.29, 1.82) is 0 Å². The number of aromatic nitrogens is 3. The van der Waals surface area contributed by atoms with E-state index in [2.05, 4.69) is 24.5 Å². The van der Waals surface area contributed by atoms with E-state index in [9.17, 15) is 4.79 Å². The summed E-state index contributed by atoms with van der Waals surface area (Å²) in [6.07, 6.45) is 0.931. The van der Waals surface area contributed by atoms with Crippen LogP contribution in [-0.2, 0) is 10.5 Å². The Morgan fingerprint density at radius 1 is 1.09 bits per heavy atom. The molecule has 0 radical (unpaired) electrons. The molecule has 2 heterocycles. The van der Waals surface area contributed by atoms with Gasteiger partial charge < -0.3 is 20.1 Å². The predicted octanol–water partition coefficient (Wildman–Crippen LogP) is 8.20. The summed E-state index contributed by atoms with van der Waals surface area (Å²) in [6, 6.07) is 18.9. The van der Waals surface area contributed by atoms with E-state index in [0.717, 1.165) is 34.4 Å². The number of nitrogens with one attached hydrogen (secondary N) is 2. The molecule has 5 rings (SSSR count). The fourth-order valence-corrected chi connectivity index (χ4v) is 6.19. The van der Waals surface area contributed by atoms with Gasteiger partial charge in [-0.05, 0) is 74.1 Å². The number of anilines is 2. The zero-order valence-electron chi connectivity index (χ0n) is 25.9. The van der Waals surface area contributed by atoms with Crippen molar-refractivity contribution in [1.82, 2.24) is 14.8 Å². The van der Waals surface area contributed by atoms with Crippen LogP contribution in [0.1, 0.15) is 55.5 Å². The second-order valence-corrected chi connectivity index (χ2v) is 12.7. The standard InChI is InChI=1S/C34H38ClN5O3S/c1-20(2)15-16-43-28-14-12-24(18-29(28)42-6)31-30(32(41)37-27-13-11-21(3)17-22(27)4)23(5)36-33-38-34(39-40(31)33)44-19-25-9-7-8-10-26(25)35/h7-14,17-18,20,31H,15-16,19H2,1-6H3,(H,37,41)(H,36,38,39). The molecule has 3 aromatic carbocycles. The number of ether oxygens (including phenoxy) is 2. The number of carbonyl (C=O) groups excluding carboxylic acids is 1. The van der Waals surface area contributed by atoms with Crippen LogP contribution >= 0.6 is 23.4 Å². The SMILES string of the molecule is COc1cc(C2C(C(=O)Nc3ccc(C)cc3C)=C(C)Nc3nc(SCc4ccccc4Cl)nn32)ccc1OCCC(C)C. The smallest absolute Gasteiger partial charge is 0.255 e. The minimum absolute atomic E-state index is 0.227. The number of hydrogen-bond donors (Lipinski definition) is 2. The zero-order valence-corrected chi connectivity index (χ0v) is 27.5. The molecule has 0 saturated carbocycles. The molecule has 0 bridgehead atoms. The topological polar surface area (TPSA) is 90.3 Å². The van der Waals surface area contributed by atoms with Crippen molar-refractivity contribution in [3.63, 3.8) is 0 Å². The number of allylic oxidation sites excluding steroid dienone is 1. The zero-order chi connectivity index (χ0) is 31.4. The Hall–Kier alpha value is -3.95. The monoisotopic (exact) mass is 631 g/mol. The number of rotatable bonds is 11. The number of hydrogen-bond acceptors (Lipinski definition) is 7. The van der Waals surface area contributed by atoms with E-state index in [1.165, 1.54) is 11.8 Å². The van der Waals surface area contributed by atoms with Gasteiger partial charge in [0.05, 0.1) is 19.3 Å². The summed E-state index contributed by atoms with van der Waals surface area (Å²) in [5, 5.41) is 12.6. The molecule has 1 aliphatic heterocycles. The fraction of sp³-hybridized carbons (Fsp3) is 0.324. The first kappa shape index (κ1) is 31.5.